The molecule has 35 heavy (non-hydrogen) atoms. The Morgan fingerprint density at radius 3 is 2.37 bits per heavy atom. The second kappa shape index (κ2) is 8.12. The molecule has 1 saturated carbocycles. The van der Waals surface area contributed by atoms with Crippen LogP contribution in [-0.2, 0) is 16.0 Å². The van der Waals surface area contributed by atoms with E-state index in [9.17, 15) is 15.0 Å². The van der Waals surface area contributed by atoms with E-state index in [0.717, 1.165) is 5.56 Å². The minimum atomic E-state index is -1.96. The molecule has 0 aromatic heterocycles. The summed E-state index contributed by atoms with van der Waals surface area (Å²) in [5.74, 6) is -1.11. The highest BCUT2D eigenvalue weighted by Crippen LogP contribution is 2.68. The lowest BCUT2D eigenvalue weighted by Crippen LogP contribution is -2.52. The lowest BCUT2D eigenvalue weighted by atomic mass is 9.70. The smallest absolute Gasteiger partial charge is 0.228 e. The molecular formula is C28H26N2O5. The summed E-state index contributed by atoms with van der Waals surface area (Å²) in [5, 5.41) is 24.3. The maximum atomic E-state index is 13.5. The first kappa shape index (κ1) is 22.9. The Labute approximate surface area is 204 Å². The molecule has 2 aliphatic rings. The third-order valence-corrected chi connectivity index (χ3v) is 7.31. The first-order valence-electron chi connectivity index (χ1n) is 11.3. The zero-order valence-corrected chi connectivity index (χ0v) is 19.7. The fourth-order valence-electron chi connectivity index (χ4n) is 5.78. The number of benzene rings is 3. The molecule has 5 atom stereocenters. The number of carbonyl (C=O) groups excluding carboxylic acids is 1. The Bertz CT molecular complexity index is 1320. The predicted octanol–water partition coefficient (Wildman–Crippen LogP) is 3.58. The number of hydrogen-bond acceptors (Lipinski definition) is 5. The Morgan fingerprint density at radius 1 is 1.09 bits per heavy atom. The molecule has 7 nitrogen and oxygen atoms in total. The van der Waals surface area contributed by atoms with Crippen LogP contribution in [0.5, 0.6) is 11.5 Å². The van der Waals surface area contributed by atoms with E-state index >= 15 is 0 Å². The third-order valence-electron chi connectivity index (χ3n) is 7.31. The molecule has 0 unspecified atom stereocenters. The summed E-state index contributed by atoms with van der Waals surface area (Å²) >= 11 is 0. The van der Waals surface area contributed by atoms with E-state index in [0.29, 0.717) is 28.3 Å². The fourth-order valence-corrected chi connectivity index (χ4v) is 5.78. The number of methoxy groups -OCH3 is 1. The molecule has 3 aromatic carbocycles. The van der Waals surface area contributed by atoms with Gasteiger partial charge in [-0.05, 0) is 29.3 Å². The third kappa shape index (κ3) is 3.00. The summed E-state index contributed by atoms with van der Waals surface area (Å²) in [7, 11) is 4.83. The Balaban J connectivity index is 1.85. The van der Waals surface area contributed by atoms with Gasteiger partial charge in [0.05, 0.1) is 19.6 Å². The normalized spacial score (nSPS) is 28.4. The number of aliphatic hydroxyl groups excluding tert-OH is 1. The molecule has 178 valence electrons. The summed E-state index contributed by atoms with van der Waals surface area (Å²) < 4.78 is 12.0. The topological polar surface area (TPSA) is 83.6 Å². The van der Waals surface area contributed by atoms with E-state index in [1.165, 1.54) is 4.90 Å². The number of rotatable bonds is 4. The van der Waals surface area contributed by atoms with Crippen molar-refractivity contribution < 1.29 is 24.5 Å². The van der Waals surface area contributed by atoms with Crippen molar-refractivity contribution >= 4 is 11.6 Å². The van der Waals surface area contributed by atoms with E-state index < -0.39 is 29.1 Å². The summed E-state index contributed by atoms with van der Waals surface area (Å²) in [6, 6.07) is 21.2. The largest absolute Gasteiger partial charge is 0.497 e. The molecular weight excluding hydrogens is 444 g/mol. The van der Waals surface area contributed by atoms with E-state index in [-0.39, 0.29) is 5.91 Å². The van der Waals surface area contributed by atoms with Crippen LogP contribution >= 0.6 is 0 Å². The van der Waals surface area contributed by atoms with Crippen molar-refractivity contribution in [2.24, 2.45) is 5.92 Å². The summed E-state index contributed by atoms with van der Waals surface area (Å²) in [5.41, 5.74) is -1.47. The van der Waals surface area contributed by atoms with Gasteiger partial charge >= 0.3 is 0 Å². The molecule has 1 fully saturated rings. The molecule has 1 aliphatic carbocycles. The average molecular weight is 471 g/mol. The van der Waals surface area contributed by atoms with Crippen molar-refractivity contribution in [3.63, 3.8) is 0 Å². The molecule has 3 aromatic rings. The molecule has 2 N–H and O–H groups in total. The van der Waals surface area contributed by atoms with Crippen molar-refractivity contribution in [3.8, 4) is 11.5 Å². The zero-order valence-electron chi connectivity index (χ0n) is 19.7. The van der Waals surface area contributed by atoms with Crippen molar-refractivity contribution in [1.82, 2.24) is 4.90 Å². The van der Waals surface area contributed by atoms with Crippen LogP contribution in [0.25, 0.3) is 4.85 Å². The SMILES string of the molecule is [C-]#[N+]c1ccc2c(c1)O[C@@]1(c3ccc(OC)cc3)[C@H](c3ccccc3)[C@@H](C(=O)N(C)C)[C@@H](O)[C@@]21O. The van der Waals surface area contributed by atoms with Crippen LogP contribution in [0, 0.1) is 12.5 Å². The van der Waals surface area contributed by atoms with Gasteiger partial charge < -0.3 is 24.6 Å². The van der Waals surface area contributed by atoms with Gasteiger partial charge in [0.25, 0.3) is 0 Å². The summed E-state index contributed by atoms with van der Waals surface area (Å²) in [6.45, 7) is 7.41. The molecule has 0 bridgehead atoms. The van der Waals surface area contributed by atoms with Crippen molar-refractivity contribution in [2.45, 2.75) is 23.2 Å². The molecule has 1 heterocycles. The number of hydrogen-bond donors (Lipinski definition) is 2. The van der Waals surface area contributed by atoms with Gasteiger partial charge in [0.15, 0.2) is 16.9 Å². The minimum absolute atomic E-state index is 0.313. The van der Waals surface area contributed by atoms with Crippen molar-refractivity contribution in [1.29, 1.82) is 0 Å². The van der Waals surface area contributed by atoms with Gasteiger partial charge in [-0.2, -0.15) is 0 Å². The first-order valence-corrected chi connectivity index (χ1v) is 11.3. The maximum Gasteiger partial charge on any atom is 0.228 e. The van der Waals surface area contributed by atoms with Gasteiger partial charge in [0.2, 0.25) is 5.91 Å². The predicted molar refractivity (Wildman–Crippen MR) is 129 cm³/mol. The van der Waals surface area contributed by atoms with Crippen LogP contribution in [0.2, 0.25) is 0 Å². The Kier molecular flexibility index (Phi) is 5.32. The molecule has 1 amide bonds. The van der Waals surface area contributed by atoms with Crippen LogP contribution in [0.3, 0.4) is 0 Å². The van der Waals surface area contributed by atoms with Gasteiger partial charge in [-0.1, -0.05) is 54.6 Å². The summed E-state index contributed by atoms with van der Waals surface area (Å²) in [6.07, 6.45) is -1.48. The van der Waals surface area contributed by atoms with E-state index in [2.05, 4.69) is 4.85 Å². The molecule has 1 aliphatic heterocycles. The minimum Gasteiger partial charge on any atom is -0.497 e. The molecule has 0 spiro atoms. The number of aliphatic hydroxyl groups is 2. The molecule has 5 rings (SSSR count). The standard InChI is InChI=1S/C28H26N2O5/c1-29-19-12-15-21-22(16-19)35-28(18-10-13-20(34-4)14-11-18)24(17-8-6-5-7-9-17)23(26(32)30(2)3)25(31)27(21,28)33/h5-16,23-25,31,33H,2-4H3/t23-,24-,25-,27+,28+/m1/s1. The van der Waals surface area contributed by atoms with Crippen LogP contribution in [-0.4, -0.2) is 48.3 Å². The number of fused-ring (bicyclic) bond motifs is 3. The van der Waals surface area contributed by atoms with Gasteiger partial charge in [0.1, 0.15) is 17.6 Å². The first-order chi connectivity index (χ1) is 16.8. The second-order valence-corrected chi connectivity index (χ2v) is 9.22. The number of nitrogens with zero attached hydrogens (tertiary/aromatic N) is 2. The van der Waals surface area contributed by atoms with Crippen molar-refractivity contribution in [2.75, 3.05) is 21.2 Å². The summed E-state index contributed by atoms with van der Waals surface area (Å²) in [4.78, 5) is 18.5. The average Bonchev–Trinajstić information content (AvgIpc) is 3.26. The zero-order chi connectivity index (χ0) is 25.0. The molecule has 0 saturated heterocycles. The quantitative estimate of drug-likeness (QED) is 0.570. The van der Waals surface area contributed by atoms with Gasteiger partial charge in [-0.15, -0.1) is 0 Å². The number of amides is 1. The highest BCUT2D eigenvalue weighted by atomic mass is 16.5. The van der Waals surface area contributed by atoms with E-state index in [1.54, 1.807) is 63.7 Å². The van der Waals surface area contributed by atoms with Crippen LogP contribution < -0.4 is 9.47 Å². The maximum absolute atomic E-state index is 13.5. The number of ether oxygens (including phenoxy) is 2. The number of carbonyl (C=O) groups is 1. The van der Waals surface area contributed by atoms with E-state index in [1.807, 2.05) is 30.3 Å². The van der Waals surface area contributed by atoms with Gasteiger partial charge in [0, 0.05) is 25.6 Å². The molecule has 7 heteroatoms. The monoisotopic (exact) mass is 470 g/mol. The Hall–Kier alpha value is -3.86. The fraction of sp³-hybridized carbons (Fsp3) is 0.286. The highest BCUT2D eigenvalue weighted by molar-refractivity contribution is 5.82. The van der Waals surface area contributed by atoms with E-state index in [4.69, 9.17) is 16.0 Å². The van der Waals surface area contributed by atoms with Crippen LogP contribution in [0.15, 0.2) is 72.8 Å². The lowest BCUT2D eigenvalue weighted by molar-refractivity contribution is -0.155. The molecule has 0 radical (unpaired) electrons. The lowest BCUT2D eigenvalue weighted by Gasteiger charge is -2.41. The van der Waals surface area contributed by atoms with Crippen molar-refractivity contribution in [3.05, 3.63) is 101 Å². The van der Waals surface area contributed by atoms with Gasteiger partial charge in [-0.3, -0.25) is 4.79 Å². The van der Waals surface area contributed by atoms with Crippen LogP contribution in [0.1, 0.15) is 22.6 Å². The van der Waals surface area contributed by atoms with Crippen LogP contribution in [0.4, 0.5) is 5.69 Å². The second-order valence-electron chi connectivity index (χ2n) is 9.22. The Morgan fingerprint density at radius 2 is 1.77 bits per heavy atom. The highest BCUT2D eigenvalue weighted by Gasteiger charge is 2.77. The van der Waals surface area contributed by atoms with Gasteiger partial charge in [-0.25, -0.2) is 4.85 Å².